The van der Waals surface area contributed by atoms with Gasteiger partial charge in [0.2, 0.25) is 0 Å². The fourth-order valence-corrected chi connectivity index (χ4v) is 2.93. The topological polar surface area (TPSA) is 66.9 Å². The summed E-state index contributed by atoms with van der Waals surface area (Å²) in [4.78, 5) is 20.8. The van der Waals surface area contributed by atoms with Gasteiger partial charge in [0.15, 0.2) is 0 Å². The Morgan fingerprint density at radius 3 is 2.41 bits per heavy atom. The first-order valence-electron chi connectivity index (χ1n) is 8.53. The number of nitrogens with zero attached hydrogens (tertiary/aromatic N) is 2. The number of anilines is 3. The van der Waals surface area contributed by atoms with E-state index in [-0.39, 0.29) is 10.9 Å². The van der Waals surface area contributed by atoms with Gasteiger partial charge in [-0.15, -0.1) is 0 Å². The molecule has 2 N–H and O–H groups in total. The molecule has 8 heteroatoms. The number of aromatic nitrogens is 2. The van der Waals surface area contributed by atoms with Crippen LogP contribution in [-0.2, 0) is 0 Å². The van der Waals surface area contributed by atoms with Crippen LogP contribution in [0.5, 0.6) is 0 Å². The molecule has 5 nitrogen and oxygen atoms in total. The molecule has 0 aliphatic rings. The maximum atomic E-state index is 13.4. The predicted molar refractivity (Wildman–Crippen MR) is 109 cm³/mol. The van der Waals surface area contributed by atoms with E-state index in [1.54, 1.807) is 18.2 Å². The highest BCUT2D eigenvalue weighted by molar-refractivity contribution is 6.31. The summed E-state index contributed by atoms with van der Waals surface area (Å²) in [5.41, 5.74) is 2.05. The number of hydrogen-bond acceptors (Lipinski definition) is 4. The maximum absolute atomic E-state index is 13.4. The molecule has 1 amide bonds. The number of halogens is 3. The number of rotatable bonds is 4. The highest BCUT2D eigenvalue weighted by Gasteiger charge is 2.10. The van der Waals surface area contributed by atoms with Crippen LogP contribution in [0, 0.1) is 11.6 Å². The molecule has 4 rings (SSSR count). The minimum atomic E-state index is -0.518. The smallest absolute Gasteiger partial charge is 0.255 e. The monoisotopic (exact) mass is 409 g/mol. The van der Waals surface area contributed by atoms with Crippen LogP contribution in [0.15, 0.2) is 67.0 Å². The Morgan fingerprint density at radius 1 is 0.897 bits per heavy atom. The van der Waals surface area contributed by atoms with Gasteiger partial charge in [-0.2, -0.15) is 0 Å². The van der Waals surface area contributed by atoms with E-state index >= 15 is 0 Å². The van der Waals surface area contributed by atoms with E-state index in [0.717, 1.165) is 0 Å². The number of fused-ring (bicyclic) bond motifs is 1. The highest BCUT2D eigenvalue weighted by atomic mass is 35.5. The van der Waals surface area contributed by atoms with Gasteiger partial charge in [-0.1, -0.05) is 11.6 Å². The summed E-state index contributed by atoms with van der Waals surface area (Å²) in [6, 6.07) is 14.6. The van der Waals surface area contributed by atoms with Crippen molar-refractivity contribution in [3.05, 3.63) is 89.2 Å². The molecule has 0 saturated carbocycles. The van der Waals surface area contributed by atoms with Crippen LogP contribution in [0.1, 0.15) is 10.4 Å². The first-order valence-corrected chi connectivity index (χ1v) is 8.91. The van der Waals surface area contributed by atoms with Crippen LogP contribution in [0.3, 0.4) is 0 Å². The molecule has 1 aromatic heterocycles. The first kappa shape index (κ1) is 18.8. The van der Waals surface area contributed by atoms with Crippen molar-refractivity contribution in [2.75, 3.05) is 10.6 Å². The standard InChI is InChI=1S/C21H13ClF2N4O/c22-17-10-15(5-7-18(17)24)27-20-16-9-14(6-8-19(16)25-11-26-20)28-21(29)12-1-3-13(23)4-2-12/h1-11H,(H,28,29)(H,25,26,27)/i23-1. The molecule has 0 radical (unpaired) electrons. The Bertz CT molecular complexity index is 1220. The van der Waals surface area contributed by atoms with Gasteiger partial charge in [0.25, 0.3) is 5.91 Å². The summed E-state index contributed by atoms with van der Waals surface area (Å²) in [5.74, 6) is -0.840. The second-order valence-electron chi connectivity index (χ2n) is 6.17. The molecule has 29 heavy (non-hydrogen) atoms. The zero-order valence-corrected chi connectivity index (χ0v) is 15.5. The lowest BCUT2D eigenvalue weighted by Gasteiger charge is -2.11. The zero-order chi connectivity index (χ0) is 20.4. The van der Waals surface area contributed by atoms with Crippen LogP contribution in [0.4, 0.5) is 26.0 Å². The Morgan fingerprint density at radius 2 is 1.66 bits per heavy atom. The third-order valence-corrected chi connectivity index (χ3v) is 4.47. The molecular formula is C21H13ClF2N4O. The minimum absolute atomic E-state index is 0.0133. The van der Waals surface area contributed by atoms with Crippen LogP contribution in [-0.4, -0.2) is 15.9 Å². The predicted octanol–water partition coefficient (Wildman–Crippen LogP) is 5.56. The Balaban J connectivity index is 1.64. The lowest BCUT2D eigenvalue weighted by Crippen LogP contribution is -2.11. The van der Waals surface area contributed by atoms with E-state index in [1.165, 1.54) is 48.8 Å². The molecule has 0 fully saturated rings. The Kier molecular flexibility index (Phi) is 5.05. The second-order valence-corrected chi connectivity index (χ2v) is 6.58. The van der Waals surface area contributed by atoms with Crippen LogP contribution in [0.2, 0.25) is 5.02 Å². The number of carbonyl (C=O) groups excluding carboxylic acids is 1. The fourth-order valence-electron chi connectivity index (χ4n) is 2.75. The molecule has 0 saturated heterocycles. The van der Waals surface area contributed by atoms with Crippen molar-refractivity contribution in [1.29, 1.82) is 0 Å². The van der Waals surface area contributed by atoms with E-state index in [0.29, 0.717) is 33.7 Å². The summed E-state index contributed by atoms with van der Waals surface area (Å²) in [6.07, 6.45) is 1.40. The van der Waals surface area contributed by atoms with Crippen LogP contribution < -0.4 is 10.6 Å². The number of amides is 1. The van der Waals surface area contributed by atoms with E-state index in [9.17, 15) is 13.6 Å². The largest absolute Gasteiger partial charge is 0.340 e. The number of hydrogen-bond donors (Lipinski definition) is 2. The van der Waals surface area contributed by atoms with Gasteiger partial charge in [0, 0.05) is 22.3 Å². The molecule has 0 unspecified atom stereocenters. The van der Waals surface area contributed by atoms with Gasteiger partial charge >= 0.3 is 0 Å². The SMILES string of the molecule is O=C(Nc1ccc2ncnc(Nc3ccc(F)c(Cl)c3)c2c1)c1ccc([18F])cc1. The van der Waals surface area contributed by atoms with E-state index in [1.807, 2.05) is 0 Å². The van der Waals surface area contributed by atoms with Gasteiger partial charge in [-0.05, 0) is 60.7 Å². The summed E-state index contributed by atoms with van der Waals surface area (Å²) in [5, 5.41) is 6.47. The molecular weight excluding hydrogens is 397 g/mol. The molecule has 0 aliphatic heterocycles. The third-order valence-electron chi connectivity index (χ3n) is 4.18. The van der Waals surface area contributed by atoms with Crippen molar-refractivity contribution in [2.45, 2.75) is 0 Å². The lowest BCUT2D eigenvalue weighted by atomic mass is 10.1. The van der Waals surface area contributed by atoms with Gasteiger partial charge in [0.05, 0.1) is 10.5 Å². The van der Waals surface area contributed by atoms with Gasteiger partial charge in [0.1, 0.15) is 23.8 Å². The van der Waals surface area contributed by atoms with Gasteiger partial charge < -0.3 is 10.6 Å². The van der Waals surface area contributed by atoms with Crippen molar-refractivity contribution in [3.8, 4) is 0 Å². The average Bonchev–Trinajstić information content (AvgIpc) is 2.71. The van der Waals surface area contributed by atoms with Crippen molar-refractivity contribution < 1.29 is 13.6 Å². The van der Waals surface area contributed by atoms with E-state index in [2.05, 4.69) is 20.6 Å². The van der Waals surface area contributed by atoms with Crippen LogP contribution >= 0.6 is 11.6 Å². The Hall–Kier alpha value is -3.58. The van der Waals surface area contributed by atoms with Crippen molar-refractivity contribution >= 4 is 45.6 Å². The molecule has 0 atom stereocenters. The van der Waals surface area contributed by atoms with Crippen molar-refractivity contribution in [3.63, 3.8) is 0 Å². The van der Waals surface area contributed by atoms with Crippen molar-refractivity contribution in [1.82, 2.24) is 9.97 Å². The molecule has 0 bridgehead atoms. The summed E-state index contributed by atoms with van der Waals surface area (Å²) in [7, 11) is 0. The summed E-state index contributed by atoms with van der Waals surface area (Å²) >= 11 is 5.83. The molecule has 144 valence electrons. The Labute approximate surface area is 169 Å². The quantitative estimate of drug-likeness (QED) is 0.463. The van der Waals surface area contributed by atoms with Crippen molar-refractivity contribution in [2.24, 2.45) is 0 Å². The molecule has 3 aromatic carbocycles. The minimum Gasteiger partial charge on any atom is -0.340 e. The number of nitrogens with one attached hydrogen (secondary N) is 2. The van der Waals surface area contributed by atoms with E-state index in [4.69, 9.17) is 11.6 Å². The van der Waals surface area contributed by atoms with Gasteiger partial charge in [-0.3, -0.25) is 4.79 Å². The average molecular weight is 410 g/mol. The molecule has 4 aromatic rings. The van der Waals surface area contributed by atoms with Gasteiger partial charge in [-0.25, -0.2) is 18.7 Å². The molecule has 1 heterocycles. The normalized spacial score (nSPS) is 10.7. The third kappa shape index (κ3) is 4.14. The first-order chi connectivity index (χ1) is 14.0. The highest BCUT2D eigenvalue weighted by Crippen LogP contribution is 2.27. The maximum Gasteiger partial charge on any atom is 0.255 e. The second kappa shape index (κ2) is 7.81. The number of benzene rings is 3. The number of carbonyl (C=O) groups is 1. The van der Waals surface area contributed by atoms with E-state index < -0.39 is 11.6 Å². The van der Waals surface area contributed by atoms with Crippen LogP contribution in [0.25, 0.3) is 10.9 Å². The summed E-state index contributed by atoms with van der Waals surface area (Å²) < 4.78 is 26.4. The fraction of sp³-hybridized carbons (Fsp3) is 0. The zero-order valence-electron chi connectivity index (χ0n) is 14.8. The molecule has 0 spiro atoms. The molecule has 0 aliphatic carbocycles. The summed E-state index contributed by atoms with van der Waals surface area (Å²) in [6.45, 7) is 0. The lowest BCUT2D eigenvalue weighted by molar-refractivity contribution is 0.102.